The highest BCUT2D eigenvalue weighted by atomic mass is 32.1. The minimum Gasteiger partial charge on any atom is -0.338 e. The maximum Gasteiger partial charge on any atom is 0.263 e. The number of carbonyl (C=O) groups is 1. The molecule has 1 aromatic rings. The van der Waals surface area contributed by atoms with Gasteiger partial charge in [0.25, 0.3) is 5.91 Å². The van der Waals surface area contributed by atoms with Gasteiger partial charge in [0, 0.05) is 24.0 Å². The zero-order chi connectivity index (χ0) is 15.0. The summed E-state index contributed by atoms with van der Waals surface area (Å²) in [5.74, 6) is 1.44. The third-order valence-corrected chi connectivity index (χ3v) is 6.25. The molecule has 1 fully saturated rings. The van der Waals surface area contributed by atoms with Gasteiger partial charge >= 0.3 is 0 Å². The second-order valence-corrected chi connectivity index (χ2v) is 8.06. The molecular formula is C17H26N2OS. The fraction of sp³-hybridized carbons (Fsp3) is 0.706. The Balaban J connectivity index is 1.73. The Morgan fingerprint density at radius 2 is 2.29 bits per heavy atom. The Morgan fingerprint density at radius 3 is 3.05 bits per heavy atom. The van der Waals surface area contributed by atoms with Crippen molar-refractivity contribution in [3.05, 3.63) is 21.4 Å². The third kappa shape index (κ3) is 3.16. The maximum atomic E-state index is 12.8. The molecule has 3 nitrogen and oxygen atoms in total. The molecule has 0 spiro atoms. The minimum absolute atomic E-state index is 0.179. The lowest BCUT2D eigenvalue weighted by Gasteiger charge is -2.34. The molecule has 2 aliphatic rings. The van der Waals surface area contributed by atoms with E-state index in [1.165, 1.54) is 16.9 Å². The molecular weight excluding hydrogens is 280 g/mol. The molecule has 21 heavy (non-hydrogen) atoms. The normalized spacial score (nSPS) is 27.3. The van der Waals surface area contributed by atoms with Crippen LogP contribution in [0.5, 0.6) is 0 Å². The highest BCUT2D eigenvalue weighted by Crippen LogP contribution is 2.33. The number of amides is 1. The van der Waals surface area contributed by atoms with Crippen molar-refractivity contribution >= 4 is 17.2 Å². The van der Waals surface area contributed by atoms with E-state index in [0.29, 0.717) is 5.92 Å². The quantitative estimate of drug-likeness (QED) is 0.912. The zero-order valence-electron chi connectivity index (χ0n) is 13.1. The molecule has 3 unspecified atom stereocenters. The van der Waals surface area contributed by atoms with Gasteiger partial charge in [-0.1, -0.05) is 6.92 Å². The Morgan fingerprint density at radius 1 is 1.48 bits per heavy atom. The van der Waals surface area contributed by atoms with E-state index in [4.69, 9.17) is 5.73 Å². The van der Waals surface area contributed by atoms with Crippen molar-refractivity contribution in [2.75, 3.05) is 13.1 Å². The summed E-state index contributed by atoms with van der Waals surface area (Å²) in [5, 5.41) is 0. The summed E-state index contributed by atoms with van der Waals surface area (Å²) < 4.78 is 0. The molecule has 2 heterocycles. The first-order valence-corrected chi connectivity index (χ1v) is 9.02. The van der Waals surface area contributed by atoms with E-state index in [-0.39, 0.29) is 11.9 Å². The fourth-order valence-electron chi connectivity index (χ4n) is 3.59. The topological polar surface area (TPSA) is 46.3 Å². The highest BCUT2D eigenvalue weighted by molar-refractivity contribution is 7.14. The lowest BCUT2D eigenvalue weighted by molar-refractivity contribution is 0.0666. The van der Waals surface area contributed by atoms with Crippen LogP contribution in [0.15, 0.2) is 6.07 Å². The third-order valence-electron chi connectivity index (χ3n) is 5.03. The van der Waals surface area contributed by atoms with Gasteiger partial charge in [0.05, 0.1) is 4.88 Å². The van der Waals surface area contributed by atoms with Gasteiger partial charge in [-0.25, -0.2) is 0 Å². The van der Waals surface area contributed by atoms with Gasteiger partial charge in [-0.2, -0.15) is 0 Å². The molecule has 0 saturated carbocycles. The number of hydrogen-bond acceptors (Lipinski definition) is 3. The molecule has 0 aromatic carbocycles. The summed E-state index contributed by atoms with van der Waals surface area (Å²) >= 11 is 1.73. The van der Waals surface area contributed by atoms with E-state index in [1.54, 1.807) is 11.3 Å². The summed E-state index contributed by atoms with van der Waals surface area (Å²) in [6.07, 6.45) is 5.79. The summed E-state index contributed by atoms with van der Waals surface area (Å²) in [7, 11) is 0. The predicted octanol–water partition coefficient (Wildman–Crippen LogP) is 3.07. The van der Waals surface area contributed by atoms with Crippen molar-refractivity contribution < 1.29 is 4.79 Å². The van der Waals surface area contributed by atoms with Crippen molar-refractivity contribution in [1.82, 2.24) is 4.90 Å². The van der Waals surface area contributed by atoms with Crippen LogP contribution < -0.4 is 5.73 Å². The summed E-state index contributed by atoms with van der Waals surface area (Å²) in [6.45, 7) is 6.08. The SMILES string of the molecule is CC1CCc2sc(C(=O)N3CCCC(C(C)N)C3)cc2C1. The number of fused-ring (bicyclic) bond motifs is 1. The average molecular weight is 306 g/mol. The van der Waals surface area contributed by atoms with E-state index in [2.05, 4.69) is 19.9 Å². The number of nitrogens with two attached hydrogens (primary N) is 1. The number of likely N-dealkylation sites (tertiary alicyclic amines) is 1. The highest BCUT2D eigenvalue weighted by Gasteiger charge is 2.28. The summed E-state index contributed by atoms with van der Waals surface area (Å²) in [4.78, 5) is 17.2. The molecule has 0 bridgehead atoms. The van der Waals surface area contributed by atoms with Crippen molar-refractivity contribution in [1.29, 1.82) is 0 Å². The molecule has 1 aliphatic heterocycles. The van der Waals surface area contributed by atoms with E-state index >= 15 is 0 Å². The van der Waals surface area contributed by atoms with E-state index in [0.717, 1.165) is 49.6 Å². The smallest absolute Gasteiger partial charge is 0.263 e. The number of carbonyl (C=O) groups excluding carboxylic acids is 1. The van der Waals surface area contributed by atoms with Gasteiger partial charge in [-0.15, -0.1) is 11.3 Å². The number of piperidine rings is 1. The van der Waals surface area contributed by atoms with Gasteiger partial charge < -0.3 is 10.6 Å². The maximum absolute atomic E-state index is 12.8. The van der Waals surface area contributed by atoms with E-state index in [9.17, 15) is 4.79 Å². The number of hydrogen-bond donors (Lipinski definition) is 1. The van der Waals surface area contributed by atoms with Gasteiger partial charge in [0.1, 0.15) is 0 Å². The van der Waals surface area contributed by atoms with Crippen LogP contribution in [0, 0.1) is 11.8 Å². The van der Waals surface area contributed by atoms with Crippen molar-refractivity contribution in [3.8, 4) is 0 Å². The minimum atomic E-state index is 0.179. The summed E-state index contributed by atoms with van der Waals surface area (Å²) in [6, 6.07) is 2.34. The molecule has 1 aliphatic carbocycles. The van der Waals surface area contributed by atoms with E-state index < -0.39 is 0 Å². The van der Waals surface area contributed by atoms with E-state index in [1.807, 2.05) is 4.90 Å². The molecule has 1 aromatic heterocycles. The molecule has 1 saturated heterocycles. The van der Waals surface area contributed by atoms with Crippen LogP contribution in [-0.4, -0.2) is 29.9 Å². The van der Waals surface area contributed by atoms with Gasteiger partial charge in [0.15, 0.2) is 0 Å². The average Bonchev–Trinajstić information content (AvgIpc) is 2.89. The van der Waals surface area contributed by atoms with Crippen LogP contribution >= 0.6 is 11.3 Å². The standard InChI is InChI=1S/C17H26N2OS/c1-11-5-6-15-14(8-11)9-16(21-15)17(20)19-7-3-4-13(10-19)12(2)18/h9,11-13H,3-8,10,18H2,1-2H3. The van der Waals surface area contributed by atoms with Gasteiger partial charge in [0.2, 0.25) is 0 Å². The Hall–Kier alpha value is -0.870. The second kappa shape index (κ2) is 6.09. The predicted molar refractivity (Wildman–Crippen MR) is 87.8 cm³/mol. The van der Waals surface area contributed by atoms with Gasteiger partial charge in [-0.05, 0) is 62.5 Å². The number of rotatable bonds is 2. The molecule has 116 valence electrons. The zero-order valence-corrected chi connectivity index (χ0v) is 13.9. The monoisotopic (exact) mass is 306 g/mol. The number of thiophene rings is 1. The first kappa shape index (κ1) is 15.0. The Bertz CT molecular complexity index is 523. The van der Waals surface area contributed by atoms with Crippen LogP contribution in [0.1, 0.15) is 53.2 Å². The lowest BCUT2D eigenvalue weighted by Crippen LogP contribution is -2.44. The first-order chi connectivity index (χ1) is 10.0. The first-order valence-electron chi connectivity index (χ1n) is 8.21. The molecule has 1 amide bonds. The van der Waals surface area contributed by atoms with Crippen LogP contribution in [0.4, 0.5) is 0 Å². The Labute approximate surface area is 131 Å². The second-order valence-electron chi connectivity index (χ2n) is 6.92. The fourth-order valence-corrected chi connectivity index (χ4v) is 4.77. The molecule has 0 radical (unpaired) electrons. The van der Waals surface area contributed by atoms with Crippen molar-refractivity contribution in [2.45, 2.75) is 52.0 Å². The van der Waals surface area contributed by atoms with Crippen LogP contribution in [0.2, 0.25) is 0 Å². The summed E-state index contributed by atoms with van der Waals surface area (Å²) in [5.41, 5.74) is 7.45. The van der Waals surface area contributed by atoms with Crippen LogP contribution in [0.3, 0.4) is 0 Å². The molecule has 2 N–H and O–H groups in total. The Kier molecular flexibility index (Phi) is 4.36. The van der Waals surface area contributed by atoms with Crippen LogP contribution in [0.25, 0.3) is 0 Å². The largest absolute Gasteiger partial charge is 0.338 e. The number of nitrogens with zero attached hydrogens (tertiary/aromatic N) is 1. The van der Waals surface area contributed by atoms with Crippen molar-refractivity contribution in [2.24, 2.45) is 17.6 Å². The molecule has 4 heteroatoms. The van der Waals surface area contributed by atoms with Gasteiger partial charge in [-0.3, -0.25) is 4.79 Å². The van der Waals surface area contributed by atoms with Crippen LogP contribution in [-0.2, 0) is 12.8 Å². The molecule has 3 atom stereocenters. The lowest BCUT2D eigenvalue weighted by atomic mass is 9.90. The van der Waals surface area contributed by atoms with Crippen molar-refractivity contribution in [3.63, 3.8) is 0 Å². The number of aryl methyl sites for hydroxylation is 1. The molecule has 3 rings (SSSR count).